The summed E-state index contributed by atoms with van der Waals surface area (Å²) in [7, 11) is 0. The van der Waals surface area contributed by atoms with Crippen LogP contribution in [0.25, 0.3) is 0 Å². The summed E-state index contributed by atoms with van der Waals surface area (Å²) in [5.74, 6) is 0.849. The molecule has 0 aromatic carbocycles. The topological polar surface area (TPSA) is 55.1 Å². The molecule has 0 aliphatic heterocycles. The Balaban J connectivity index is 1.67. The molecule has 1 amide bonds. The van der Waals surface area contributed by atoms with Crippen molar-refractivity contribution >= 4 is 17.2 Å². The second kappa shape index (κ2) is 6.27. The Kier molecular flexibility index (Phi) is 4.41. The molecule has 0 spiro atoms. The molecule has 4 heteroatoms. The highest BCUT2D eigenvalue weighted by Crippen LogP contribution is 2.35. The summed E-state index contributed by atoms with van der Waals surface area (Å²) < 4.78 is 0. The molecule has 20 heavy (non-hydrogen) atoms. The molecule has 3 nitrogen and oxygen atoms in total. The molecule has 2 unspecified atom stereocenters. The number of amides is 1. The summed E-state index contributed by atoms with van der Waals surface area (Å²) in [5, 5.41) is 5.37. The van der Waals surface area contributed by atoms with Gasteiger partial charge in [-0.25, -0.2) is 0 Å². The van der Waals surface area contributed by atoms with Gasteiger partial charge in [-0.15, -0.1) is 11.3 Å². The first-order valence-corrected chi connectivity index (χ1v) is 8.74. The van der Waals surface area contributed by atoms with E-state index in [1.54, 1.807) is 11.3 Å². The standard InChI is InChI=1S/C16H24N2OS/c17-10-14(11-4-1-2-5-11)18-16(19)13-6-3-7-15-12(13)8-9-20-15/h8-9,11,13-14H,1-7,10,17H2,(H,18,19). The third kappa shape index (κ3) is 2.77. The first kappa shape index (κ1) is 14.1. The SMILES string of the molecule is NCC(NC(=O)C1CCCc2sccc21)C1CCCC1. The number of nitrogens with one attached hydrogen (secondary N) is 1. The number of carbonyl (C=O) groups is 1. The maximum Gasteiger partial charge on any atom is 0.227 e. The van der Waals surface area contributed by atoms with Crippen LogP contribution in [0.3, 0.4) is 0 Å². The molecule has 0 bridgehead atoms. The number of hydrogen-bond donors (Lipinski definition) is 2. The van der Waals surface area contributed by atoms with Crippen LogP contribution in [0, 0.1) is 5.92 Å². The van der Waals surface area contributed by atoms with E-state index in [0.29, 0.717) is 12.5 Å². The van der Waals surface area contributed by atoms with E-state index in [2.05, 4.69) is 16.8 Å². The maximum atomic E-state index is 12.6. The minimum absolute atomic E-state index is 0.0560. The Morgan fingerprint density at radius 3 is 2.90 bits per heavy atom. The second-order valence-corrected chi connectivity index (χ2v) is 7.14. The van der Waals surface area contributed by atoms with Gasteiger partial charge in [0.05, 0.1) is 5.92 Å². The summed E-state index contributed by atoms with van der Waals surface area (Å²) >= 11 is 1.79. The van der Waals surface area contributed by atoms with Gasteiger partial charge in [0.15, 0.2) is 0 Å². The molecule has 0 saturated heterocycles. The van der Waals surface area contributed by atoms with Crippen molar-refractivity contribution in [2.24, 2.45) is 11.7 Å². The predicted octanol–water partition coefficient (Wildman–Crippen LogP) is 2.80. The smallest absolute Gasteiger partial charge is 0.227 e. The number of thiophene rings is 1. The van der Waals surface area contributed by atoms with E-state index < -0.39 is 0 Å². The lowest BCUT2D eigenvalue weighted by atomic mass is 9.86. The Hall–Kier alpha value is -0.870. The zero-order valence-corrected chi connectivity index (χ0v) is 12.8. The Morgan fingerprint density at radius 1 is 1.35 bits per heavy atom. The van der Waals surface area contributed by atoms with Gasteiger partial charge in [0.25, 0.3) is 0 Å². The molecular weight excluding hydrogens is 268 g/mol. The number of carbonyl (C=O) groups excluding carboxylic acids is 1. The van der Waals surface area contributed by atoms with Crippen LogP contribution in [0.5, 0.6) is 0 Å². The maximum absolute atomic E-state index is 12.6. The molecule has 2 atom stereocenters. The third-order valence-corrected chi connectivity index (χ3v) is 5.92. The van der Waals surface area contributed by atoms with Crippen LogP contribution < -0.4 is 11.1 Å². The van der Waals surface area contributed by atoms with Crippen LogP contribution >= 0.6 is 11.3 Å². The highest BCUT2D eigenvalue weighted by Gasteiger charge is 2.31. The van der Waals surface area contributed by atoms with E-state index in [4.69, 9.17) is 5.73 Å². The van der Waals surface area contributed by atoms with Crippen LogP contribution in [0.1, 0.15) is 54.9 Å². The second-order valence-electron chi connectivity index (χ2n) is 6.14. The quantitative estimate of drug-likeness (QED) is 0.896. The van der Waals surface area contributed by atoms with Crippen LogP contribution in [-0.4, -0.2) is 18.5 Å². The minimum atomic E-state index is 0.0560. The van der Waals surface area contributed by atoms with Gasteiger partial charge < -0.3 is 11.1 Å². The molecule has 0 radical (unpaired) electrons. The lowest BCUT2D eigenvalue weighted by molar-refractivity contribution is -0.123. The van der Waals surface area contributed by atoms with Gasteiger partial charge in [0.1, 0.15) is 0 Å². The van der Waals surface area contributed by atoms with Crippen molar-refractivity contribution in [1.29, 1.82) is 0 Å². The van der Waals surface area contributed by atoms with Crippen LogP contribution in [0.15, 0.2) is 11.4 Å². The highest BCUT2D eigenvalue weighted by molar-refractivity contribution is 7.10. The van der Waals surface area contributed by atoms with Crippen molar-refractivity contribution in [3.05, 3.63) is 21.9 Å². The number of hydrogen-bond acceptors (Lipinski definition) is 3. The number of fused-ring (bicyclic) bond motifs is 1. The van der Waals surface area contributed by atoms with E-state index in [-0.39, 0.29) is 17.9 Å². The molecule has 110 valence electrons. The Morgan fingerprint density at radius 2 is 2.15 bits per heavy atom. The lowest BCUT2D eigenvalue weighted by Gasteiger charge is -2.27. The first-order valence-electron chi connectivity index (χ1n) is 7.86. The molecule has 2 aliphatic rings. The van der Waals surface area contributed by atoms with Crippen LogP contribution in [-0.2, 0) is 11.2 Å². The fourth-order valence-electron chi connectivity index (χ4n) is 3.77. The summed E-state index contributed by atoms with van der Waals surface area (Å²) in [6.07, 6.45) is 8.26. The van der Waals surface area contributed by atoms with Crippen molar-refractivity contribution in [3.8, 4) is 0 Å². The first-order chi connectivity index (χ1) is 9.79. The van der Waals surface area contributed by atoms with Crippen molar-refractivity contribution in [2.45, 2.75) is 56.9 Å². The monoisotopic (exact) mass is 292 g/mol. The van der Waals surface area contributed by atoms with Crippen molar-refractivity contribution in [3.63, 3.8) is 0 Å². The summed E-state index contributed by atoms with van der Waals surface area (Å²) in [4.78, 5) is 14.0. The van der Waals surface area contributed by atoms with Gasteiger partial charge in [-0.3, -0.25) is 4.79 Å². The van der Waals surface area contributed by atoms with Gasteiger partial charge in [-0.05, 0) is 55.0 Å². The van der Waals surface area contributed by atoms with Gasteiger partial charge in [-0.2, -0.15) is 0 Å². The largest absolute Gasteiger partial charge is 0.351 e. The van der Waals surface area contributed by atoms with Crippen LogP contribution in [0.4, 0.5) is 0 Å². The Bertz CT molecular complexity index is 465. The molecule has 2 aliphatic carbocycles. The van der Waals surface area contributed by atoms with Gasteiger partial charge in [0, 0.05) is 17.5 Å². The molecule has 3 N–H and O–H groups in total. The Labute approximate surface area is 124 Å². The molecule has 1 aromatic rings. The zero-order chi connectivity index (χ0) is 13.9. The van der Waals surface area contributed by atoms with Gasteiger partial charge in [0.2, 0.25) is 5.91 Å². The van der Waals surface area contributed by atoms with E-state index in [9.17, 15) is 4.79 Å². The van der Waals surface area contributed by atoms with E-state index in [1.807, 2.05) is 0 Å². The fraction of sp³-hybridized carbons (Fsp3) is 0.688. The van der Waals surface area contributed by atoms with E-state index in [0.717, 1.165) is 19.3 Å². The van der Waals surface area contributed by atoms with E-state index in [1.165, 1.54) is 36.1 Å². The fourth-order valence-corrected chi connectivity index (χ4v) is 4.76. The van der Waals surface area contributed by atoms with E-state index >= 15 is 0 Å². The number of aryl methyl sites for hydroxylation is 1. The molecule has 1 saturated carbocycles. The average Bonchev–Trinajstić information content (AvgIpc) is 3.14. The molecule has 3 rings (SSSR count). The molecular formula is C16H24N2OS. The van der Waals surface area contributed by atoms with Gasteiger partial charge >= 0.3 is 0 Å². The highest BCUT2D eigenvalue weighted by atomic mass is 32.1. The lowest BCUT2D eigenvalue weighted by Crippen LogP contribution is -2.46. The summed E-state index contributed by atoms with van der Waals surface area (Å²) in [6.45, 7) is 0.569. The number of nitrogens with two attached hydrogens (primary N) is 1. The van der Waals surface area contributed by atoms with Crippen LogP contribution in [0.2, 0.25) is 0 Å². The zero-order valence-electron chi connectivity index (χ0n) is 11.9. The summed E-state index contributed by atoms with van der Waals surface area (Å²) in [5.41, 5.74) is 7.16. The predicted molar refractivity (Wildman–Crippen MR) is 82.9 cm³/mol. The van der Waals surface area contributed by atoms with Crippen molar-refractivity contribution < 1.29 is 4.79 Å². The third-order valence-electron chi connectivity index (χ3n) is 4.92. The number of rotatable bonds is 4. The molecule has 1 fully saturated rings. The van der Waals surface area contributed by atoms with Crippen molar-refractivity contribution in [1.82, 2.24) is 5.32 Å². The molecule has 1 aromatic heterocycles. The van der Waals surface area contributed by atoms with Crippen molar-refractivity contribution in [2.75, 3.05) is 6.54 Å². The average molecular weight is 292 g/mol. The summed E-state index contributed by atoms with van der Waals surface area (Å²) in [6, 6.07) is 2.31. The molecule has 1 heterocycles. The van der Waals surface area contributed by atoms with Gasteiger partial charge in [-0.1, -0.05) is 12.8 Å². The normalized spacial score (nSPS) is 24.4. The minimum Gasteiger partial charge on any atom is -0.351 e.